The van der Waals surface area contributed by atoms with E-state index in [2.05, 4.69) is 5.32 Å². The van der Waals surface area contributed by atoms with Crippen molar-refractivity contribution in [3.63, 3.8) is 0 Å². The van der Waals surface area contributed by atoms with E-state index in [0.717, 1.165) is 11.3 Å². The zero-order valence-corrected chi connectivity index (χ0v) is 7.45. The Morgan fingerprint density at radius 3 is 2.85 bits per heavy atom. The van der Waals surface area contributed by atoms with Gasteiger partial charge in [0.15, 0.2) is 0 Å². The lowest BCUT2D eigenvalue weighted by molar-refractivity contribution is -0.118. The third-order valence-electron chi connectivity index (χ3n) is 2.55. The molecule has 0 aromatic heterocycles. The summed E-state index contributed by atoms with van der Waals surface area (Å²) in [5.74, 6) is 0.0103. The maximum atomic E-state index is 11.3. The van der Waals surface area contributed by atoms with Crippen LogP contribution < -0.4 is 11.1 Å². The number of nitrogens with two attached hydrogens (primary N) is 1. The van der Waals surface area contributed by atoms with Crippen molar-refractivity contribution in [2.24, 2.45) is 5.73 Å². The van der Waals surface area contributed by atoms with Crippen LogP contribution in [-0.4, -0.2) is 11.9 Å². The zero-order valence-electron chi connectivity index (χ0n) is 7.45. The maximum Gasteiger partial charge on any atom is 0.241 e. The molecule has 0 saturated heterocycles. The van der Waals surface area contributed by atoms with Gasteiger partial charge in [-0.25, -0.2) is 0 Å². The van der Waals surface area contributed by atoms with Gasteiger partial charge >= 0.3 is 0 Å². The minimum absolute atomic E-state index is 0.0915. The monoisotopic (exact) mass is 176 g/mol. The minimum Gasteiger partial charge on any atom is -0.324 e. The predicted molar refractivity (Wildman–Crippen MR) is 51.5 cm³/mol. The summed E-state index contributed by atoms with van der Waals surface area (Å²) < 4.78 is 0. The summed E-state index contributed by atoms with van der Waals surface area (Å²) in [6.07, 6.45) is 0. The van der Waals surface area contributed by atoms with Gasteiger partial charge in [0.25, 0.3) is 0 Å². The Balaban J connectivity index is 2.49. The Morgan fingerprint density at radius 2 is 2.08 bits per heavy atom. The summed E-state index contributed by atoms with van der Waals surface area (Å²) in [5.41, 5.74) is 7.74. The van der Waals surface area contributed by atoms with E-state index in [1.54, 1.807) is 0 Å². The van der Waals surface area contributed by atoms with Gasteiger partial charge in [0.1, 0.15) is 0 Å². The summed E-state index contributed by atoms with van der Waals surface area (Å²) in [7, 11) is 0. The standard InChI is InChI=1S/C10H12N2O/c1-6-7-4-2-3-5-8(7)12-10(13)9(6)11/h2-6,9H,11H2,1H3,(H,12,13). The van der Waals surface area contributed by atoms with Crippen LogP contribution in [0.2, 0.25) is 0 Å². The van der Waals surface area contributed by atoms with Crippen molar-refractivity contribution in [3.8, 4) is 0 Å². The van der Waals surface area contributed by atoms with Gasteiger partial charge in [-0.05, 0) is 11.6 Å². The van der Waals surface area contributed by atoms with Crippen molar-refractivity contribution < 1.29 is 4.79 Å². The number of carbonyl (C=O) groups is 1. The molecule has 0 saturated carbocycles. The highest BCUT2D eigenvalue weighted by Gasteiger charge is 2.29. The van der Waals surface area contributed by atoms with Gasteiger partial charge in [0, 0.05) is 11.6 Å². The molecule has 3 nitrogen and oxygen atoms in total. The predicted octanol–water partition coefficient (Wildman–Crippen LogP) is 1.07. The first-order chi connectivity index (χ1) is 6.20. The van der Waals surface area contributed by atoms with Crippen LogP contribution in [0.4, 0.5) is 5.69 Å². The molecule has 1 aromatic carbocycles. The van der Waals surface area contributed by atoms with Crippen LogP contribution in [0.25, 0.3) is 0 Å². The number of benzene rings is 1. The number of carbonyl (C=O) groups excluding carboxylic acids is 1. The van der Waals surface area contributed by atoms with Gasteiger partial charge in [-0.2, -0.15) is 0 Å². The van der Waals surface area contributed by atoms with E-state index in [0.29, 0.717) is 0 Å². The lowest BCUT2D eigenvalue weighted by Gasteiger charge is -2.27. The Labute approximate surface area is 76.9 Å². The van der Waals surface area contributed by atoms with Crippen molar-refractivity contribution >= 4 is 11.6 Å². The third-order valence-corrected chi connectivity index (χ3v) is 2.55. The molecule has 3 heteroatoms. The number of para-hydroxylation sites is 1. The molecule has 0 bridgehead atoms. The zero-order chi connectivity index (χ0) is 9.42. The van der Waals surface area contributed by atoms with Gasteiger partial charge < -0.3 is 11.1 Å². The van der Waals surface area contributed by atoms with Crippen molar-refractivity contribution in [3.05, 3.63) is 29.8 Å². The summed E-state index contributed by atoms with van der Waals surface area (Å²) in [6, 6.07) is 7.34. The van der Waals surface area contributed by atoms with Crippen LogP contribution in [-0.2, 0) is 4.79 Å². The van der Waals surface area contributed by atoms with E-state index in [4.69, 9.17) is 5.73 Å². The molecule has 0 radical (unpaired) electrons. The molecule has 68 valence electrons. The van der Waals surface area contributed by atoms with E-state index in [9.17, 15) is 4.79 Å². The second-order valence-electron chi connectivity index (χ2n) is 3.39. The van der Waals surface area contributed by atoms with Crippen molar-refractivity contribution in [2.45, 2.75) is 18.9 Å². The third kappa shape index (κ3) is 1.21. The number of anilines is 1. The summed E-state index contributed by atoms with van der Waals surface area (Å²) >= 11 is 0. The Hall–Kier alpha value is -1.35. The van der Waals surface area contributed by atoms with Crippen LogP contribution in [0.1, 0.15) is 18.4 Å². The quantitative estimate of drug-likeness (QED) is 0.621. The highest BCUT2D eigenvalue weighted by Crippen LogP contribution is 2.30. The first-order valence-corrected chi connectivity index (χ1v) is 4.35. The molecule has 2 unspecified atom stereocenters. The first-order valence-electron chi connectivity index (χ1n) is 4.35. The van der Waals surface area contributed by atoms with Gasteiger partial charge in [-0.1, -0.05) is 25.1 Å². The lowest BCUT2D eigenvalue weighted by atomic mass is 9.89. The SMILES string of the molecule is CC1c2ccccc2NC(=O)C1N. The molecule has 2 rings (SSSR count). The number of rotatable bonds is 0. The van der Waals surface area contributed by atoms with Gasteiger partial charge in [-0.3, -0.25) is 4.79 Å². The summed E-state index contributed by atoms with van der Waals surface area (Å²) in [5, 5.41) is 2.78. The van der Waals surface area contributed by atoms with Gasteiger partial charge in [0.05, 0.1) is 6.04 Å². The molecular formula is C10H12N2O. The largest absolute Gasteiger partial charge is 0.324 e. The fourth-order valence-corrected chi connectivity index (χ4v) is 1.64. The van der Waals surface area contributed by atoms with Crippen LogP contribution in [0, 0.1) is 0 Å². The fraction of sp³-hybridized carbons (Fsp3) is 0.300. The molecule has 13 heavy (non-hydrogen) atoms. The van der Waals surface area contributed by atoms with E-state index in [-0.39, 0.29) is 11.8 Å². The smallest absolute Gasteiger partial charge is 0.241 e. The molecule has 1 amide bonds. The van der Waals surface area contributed by atoms with Gasteiger partial charge in [0.2, 0.25) is 5.91 Å². The lowest BCUT2D eigenvalue weighted by Crippen LogP contribution is -2.43. The molecular weight excluding hydrogens is 164 g/mol. The van der Waals surface area contributed by atoms with Crippen LogP contribution in [0.3, 0.4) is 0 Å². The normalized spacial score (nSPS) is 26.5. The van der Waals surface area contributed by atoms with Crippen LogP contribution in [0.5, 0.6) is 0 Å². The maximum absolute atomic E-state index is 11.3. The first kappa shape index (κ1) is 8.26. The molecule has 1 aromatic rings. The molecule has 0 aliphatic carbocycles. The van der Waals surface area contributed by atoms with E-state index in [1.165, 1.54) is 0 Å². The number of amides is 1. The van der Waals surface area contributed by atoms with E-state index in [1.807, 2.05) is 31.2 Å². The highest BCUT2D eigenvalue weighted by atomic mass is 16.2. The van der Waals surface area contributed by atoms with Gasteiger partial charge in [-0.15, -0.1) is 0 Å². The Morgan fingerprint density at radius 1 is 1.38 bits per heavy atom. The minimum atomic E-state index is -0.421. The topological polar surface area (TPSA) is 55.1 Å². The van der Waals surface area contributed by atoms with Crippen LogP contribution in [0.15, 0.2) is 24.3 Å². The number of nitrogens with one attached hydrogen (secondary N) is 1. The van der Waals surface area contributed by atoms with Crippen LogP contribution >= 0.6 is 0 Å². The number of hydrogen-bond donors (Lipinski definition) is 2. The highest BCUT2D eigenvalue weighted by molar-refractivity contribution is 5.98. The van der Waals surface area contributed by atoms with Crippen molar-refractivity contribution in [2.75, 3.05) is 5.32 Å². The molecule has 0 spiro atoms. The van der Waals surface area contributed by atoms with Crippen molar-refractivity contribution in [1.29, 1.82) is 0 Å². The molecule has 2 atom stereocenters. The number of fused-ring (bicyclic) bond motifs is 1. The Bertz CT molecular complexity index is 349. The molecule has 3 N–H and O–H groups in total. The molecule has 1 aliphatic rings. The summed E-state index contributed by atoms with van der Waals surface area (Å²) in [6.45, 7) is 1.97. The number of hydrogen-bond acceptors (Lipinski definition) is 2. The summed E-state index contributed by atoms with van der Waals surface area (Å²) in [4.78, 5) is 11.3. The Kier molecular flexibility index (Phi) is 1.81. The van der Waals surface area contributed by atoms with E-state index >= 15 is 0 Å². The average molecular weight is 176 g/mol. The molecule has 1 heterocycles. The second kappa shape index (κ2) is 2.85. The van der Waals surface area contributed by atoms with E-state index < -0.39 is 6.04 Å². The second-order valence-corrected chi connectivity index (χ2v) is 3.39. The van der Waals surface area contributed by atoms with Crippen molar-refractivity contribution in [1.82, 2.24) is 0 Å². The molecule has 1 aliphatic heterocycles. The fourth-order valence-electron chi connectivity index (χ4n) is 1.64. The average Bonchev–Trinajstić information content (AvgIpc) is 2.15. The molecule has 0 fully saturated rings.